The number of sulfonamides is 1. The molecule has 0 spiro atoms. The minimum Gasteiger partial charge on any atom is -0.351 e. The summed E-state index contributed by atoms with van der Waals surface area (Å²) in [5, 5.41) is 2.72. The minimum absolute atomic E-state index is 0.0302. The summed E-state index contributed by atoms with van der Waals surface area (Å²) in [5.74, 6) is -0.0854. The highest BCUT2D eigenvalue weighted by Crippen LogP contribution is 2.23. The molecule has 0 saturated heterocycles. The zero-order valence-corrected chi connectivity index (χ0v) is 16.8. The summed E-state index contributed by atoms with van der Waals surface area (Å²) in [5.41, 5.74) is 2.83. The maximum Gasteiger partial charge on any atom is 0.233 e. The normalized spacial score (nSPS) is 12.6. The number of hydrogen-bond acceptors (Lipinski definition) is 4. The van der Waals surface area contributed by atoms with Crippen molar-refractivity contribution in [3.63, 3.8) is 0 Å². The molecule has 0 aromatic heterocycles. The number of benzene rings is 2. The van der Waals surface area contributed by atoms with E-state index in [4.69, 9.17) is 0 Å². The summed E-state index contributed by atoms with van der Waals surface area (Å²) in [6.45, 7) is 4.33. The van der Waals surface area contributed by atoms with Crippen LogP contribution in [0.15, 0.2) is 53.4 Å². The molecule has 0 radical (unpaired) electrons. The second-order valence-electron chi connectivity index (χ2n) is 6.07. The first kappa shape index (κ1) is 20.5. The van der Waals surface area contributed by atoms with Gasteiger partial charge >= 0.3 is 0 Å². The van der Waals surface area contributed by atoms with Gasteiger partial charge in [-0.15, -0.1) is 11.8 Å². The number of hydrogen-bond donors (Lipinski definition) is 2. The quantitative estimate of drug-likeness (QED) is 0.678. The number of carbonyl (C=O) groups is 1. The highest BCUT2D eigenvalue weighted by Gasteiger charge is 2.14. The molecule has 2 aromatic carbocycles. The second kappa shape index (κ2) is 9.21. The van der Waals surface area contributed by atoms with E-state index >= 15 is 0 Å². The molecule has 0 bridgehead atoms. The van der Waals surface area contributed by atoms with Crippen molar-refractivity contribution in [2.24, 2.45) is 0 Å². The van der Waals surface area contributed by atoms with Gasteiger partial charge in [0, 0.05) is 11.4 Å². The molecule has 7 heteroatoms. The minimum atomic E-state index is -3.28. The van der Waals surface area contributed by atoms with E-state index in [9.17, 15) is 13.2 Å². The molecule has 1 amide bonds. The SMILES string of the molecule is CNS(=O)(=O)Cc1ccc(CNC(=O)[C@H](C)Sc2ccc(C)cc2)cc1. The number of thioether (sulfide) groups is 1. The lowest BCUT2D eigenvalue weighted by atomic mass is 10.1. The molecule has 26 heavy (non-hydrogen) atoms. The molecule has 2 aromatic rings. The van der Waals surface area contributed by atoms with Gasteiger partial charge in [0.1, 0.15) is 0 Å². The Hall–Kier alpha value is -1.83. The number of amides is 1. The lowest BCUT2D eigenvalue weighted by Gasteiger charge is -2.12. The van der Waals surface area contributed by atoms with E-state index in [0.717, 1.165) is 10.5 Å². The predicted octanol–water partition coefficient (Wildman–Crippen LogP) is 2.84. The van der Waals surface area contributed by atoms with Crippen LogP contribution in [0.25, 0.3) is 0 Å². The fourth-order valence-corrected chi connectivity index (χ4v) is 3.92. The Morgan fingerprint density at radius 2 is 1.62 bits per heavy atom. The largest absolute Gasteiger partial charge is 0.351 e. The molecular formula is C19H24N2O3S2. The Morgan fingerprint density at radius 3 is 2.19 bits per heavy atom. The van der Waals surface area contributed by atoms with Crippen molar-refractivity contribution in [2.75, 3.05) is 7.05 Å². The standard InChI is InChI=1S/C19H24N2O3S2/c1-14-4-10-18(11-5-14)25-15(2)19(22)21-12-16-6-8-17(9-7-16)13-26(23,24)20-3/h4-11,15,20H,12-13H2,1-3H3,(H,21,22)/t15-/m0/s1. The topological polar surface area (TPSA) is 75.3 Å². The van der Waals surface area contributed by atoms with Crippen molar-refractivity contribution < 1.29 is 13.2 Å². The molecule has 0 unspecified atom stereocenters. The Labute approximate surface area is 159 Å². The van der Waals surface area contributed by atoms with Gasteiger partial charge in [-0.25, -0.2) is 13.1 Å². The van der Waals surface area contributed by atoms with Crippen molar-refractivity contribution in [1.29, 1.82) is 0 Å². The molecule has 0 fully saturated rings. The highest BCUT2D eigenvalue weighted by molar-refractivity contribution is 8.00. The van der Waals surface area contributed by atoms with Gasteiger partial charge in [0.25, 0.3) is 0 Å². The zero-order chi connectivity index (χ0) is 19.2. The summed E-state index contributed by atoms with van der Waals surface area (Å²) in [7, 11) is -1.88. The van der Waals surface area contributed by atoms with Crippen molar-refractivity contribution >= 4 is 27.7 Å². The van der Waals surface area contributed by atoms with Crippen LogP contribution in [0, 0.1) is 6.92 Å². The number of nitrogens with one attached hydrogen (secondary N) is 2. The van der Waals surface area contributed by atoms with E-state index in [1.165, 1.54) is 24.4 Å². The van der Waals surface area contributed by atoms with E-state index in [1.54, 1.807) is 12.1 Å². The molecule has 2 rings (SSSR count). The smallest absolute Gasteiger partial charge is 0.233 e. The third-order valence-electron chi connectivity index (χ3n) is 3.86. The summed E-state index contributed by atoms with van der Waals surface area (Å²) in [6.07, 6.45) is 0. The Bertz CT molecular complexity index is 832. The van der Waals surface area contributed by atoms with Gasteiger partial charge in [-0.3, -0.25) is 4.79 Å². The van der Waals surface area contributed by atoms with Crippen LogP contribution >= 0.6 is 11.8 Å². The van der Waals surface area contributed by atoms with Crippen molar-refractivity contribution in [3.05, 3.63) is 65.2 Å². The third kappa shape index (κ3) is 6.48. The van der Waals surface area contributed by atoms with Crippen LogP contribution in [0.3, 0.4) is 0 Å². The molecule has 1 atom stereocenters. The van der Waals surface area contributed by atoms with Gasteiger partial charge in [-0.2, -0.15) is 0 Å². The molecule has 0 aliphatic rings. The average Bonchev–Trinajstić information content (AvgIpc) is 2.62. The molecule has 0 aliphatic heterocycles. The number of aryl methyl sites for hydroxylation is 1. The van der Waals surface area contributed by atoms with Gasteiger partial charge in [-0.1, -0.05) is 42.0 Å². The van der Waals surface area contributed by atoms with Crippen LogP contribution in [-0.2, 0) is 27.1 Å². The zero-order valence-electron chi connectivity index (χ0n) is 15.2. The molecule has 140 valence electrons. The number of rotatable bonds is 8. The monoisotopic (exact) mass is 392 g/mol. The van der Waals surface area contributed by atoms with Gasteiger partial charge < -0.3 is 5.32 Å². The number of carbonyl (C=O) groups excluding carboxylic acids is 1. The highest BCUT2D eigenvalue weighted by atomic mass is 32.2. The van der Waals surface area contributed by atoms with E-state index in [0.29, 0.717) is 12.1 Å². The Kier molecular flexibility index (Phi) is 7.25. The fraction of sp³-hybridized carbons (Fsp3) is 0.316. The van der Waals surface area contributed by atoms with E-state index in [2.05, 4.69) is 10.0 Å². The average molecular weight is 393 g/mol. The van der Waals surface area contributed by atoms with Gasteiger partial charge in [0.2, 0.25) is 15.9 Å². The van der Waals surface area contributed by atoms with Crippen molar-refractivity contribution in [2.45, 2.75) is 36.3 Å². The summed E-state index contributed by atoms with van der Waals surface area (Å²) >= 11 is 1.52. The third-order valence-corrected chi connectivity index (χ3v) is 6.31. The van der Waals surface area contributed by atoms with Crippen LogP contribution in [0.2, 0.25) is 0 Å². The van der Waals surface area contributed by atoms with E-state index < -0.39 is 10.0 Å². The van der Waals surface area contributed by atoms with Crippen LogP contribution in [0.1, 0.15) is 23.6 Å². The Morgan fingerprint density at radius 1 is 1.04 bits per heavy atom. The lowest BCUT2D eigenvalue weighted by molar-refractivity contribution is -0.120. The molecule has 2 N–H and O–H groups in total. The lowest BCUT2D eigenvalue weighted by Crippen LogP contribution is -2.30. The Balaban J connectivity index is 1.85. The van der Waals surface area contributed by atoms with Crippen LogP contribution < -0.4 is 10.0 Å². The first-order valence-corrected chi connectivity index (χ1v) is 10.8. The van der Waals surface area contributed by atoms with Crippen molar-refractivity contribution in [3.8, 4) is 0 Å². The van der Waals surface area contributed by atoms with E-state index in [-0.39, 0.29) is 16.9 Å². The first-order chi connectivity index (χ1) is 12.3. The molecule has 0 aliphatic carbocycles. The van der Waals surface area contributed by atoms with Crippen LogP contribution in [0.4, 0.5) is 0 Å². The predicted molar refractivity (Wildman–Crippen MR) is 106 cm³/mol. The van der Waals surface area contributed by atoms with E-state index in [1.807, 2.05) is 50.2 Å². The fourth-order valence-electron chi connectivity index (χ4n) is 2.25. The van der Waals surface area contributed by atoms with Crippen LogP contribution in [0.5, 0.6) is 0 Å². The van der Waals surface area contributed by atoms with Gasteiger partial charge in [0.05, 0.1) is 11.0 Å². The van der Waals surface area contributed by atoms with Gasteiger partial charge in [0.15, 0.2) is 0 Å². The van der Waals surface area contributed by atoms with Gasteiger partial charge in [-0.05, 0) is 44.2 Å². The maximum atomic E-state index is 12.3. The summed E-state index contributed by atoms with van der Waals surface area (Å²) in [6, 6.07) is 15.3. The molecule has 5 nitrogen and oxygen atoms in total. The van der Waals surface area contributed by atoms with Crippen molar-refractivity contribution in [1.82, 2.24) is 10.0 Å². The maximum absolute atomic E-state index is 12.3. The molecule has 0 heterocycles. The first-order valence-electron chi connectivity index (χ1n) is 8.29. The molecular weight excluding hydrogens is 368 g/mol. The summed E-state index contributed by atoms with van der Waals surface area (Å²) < 4.78 is 25.4. The summed E-state index contributed by atoms with van der Waals surface area (Å²) in [4.78, 5) is 13.3. The van der Waals surface area contributed by atoms with Crippen LogP contribution in [-0.4, -0.2) is 26.6 Å². The second-order valence-corrected chi connectivity index (χ2v) is 9.41. The molecule has 0 saturated carbocycles.